The van der Waals surface area contributed by atoms with Crippen LogP contribution >= 0.6 is 0 Å². The van der Waals surface area contributed by atoms with Crippen molar-refractivity contribution in [1.82, 2.24) is 9.55 Å². The Balaban J connectivity index is 2.16. The molecule has 2 atom stereocenters. The summed E-state index contributed by atoms with van der Waals surface area (Å²) in [7, 11) is 0. The molecular weight excluding hydrogens is 244 g/mol. The highest BCUT2D eigenvalue weighted by molar-refractivity contribution is 6.01. The van der Waals surface area contributed by atoms with E-state index in [1.165, 1.54) is 0 Å². The lowest BCUT2D eigenvalue weighted by molar-refractivity contribution is 0.0698. The lowest BCUT2D eigenvalue weighted by Crippen LogP contribution is -2.17. The second-order valence-electron chi connectivity index (χ2n) is 5.07. The van der Waals surface area contributed by atoms with Gasteiger partial charge in [-0.15, -0.1) is 0 Å². The molecule has 1 aromatic heterocycles. The number of aliphatic hydroxyl groups excluding tert-OH is 1. The third kappa shape index (κ3) is 1.90. The average Bonchev–Trinajstić information content (AvgIpc) is 3.03. The number of hydrogen-bond acceptors (Lipinski definition) is 3. The number of imidazole rings is 1. The van der Waals surface area contributed by atoms with Gasteiger partial charge in [0.1, 0.15) is 0 Å². The highest BCUT2D eigenvalue weighted by atomic mass is 16.4. The van der Waals surface area contributed by atoms with Gasteiger partial charge in [-0.25, -0.2) is 9.78 Å². The van der Waals surface area contributed by atoms with E-state index in [0.717, 1.165) is 19.3 Å². The van der Waals surface area contributed by atoms with E-state index in [2.05, 4.69) is 4.98 Å². The van der Waals surface area contributed by atoms with E-state index in [4.69, 9.17) is 0 Å². The number of benzene rings is 1. The molecule has 1 heterocycles. The molecule has 0 saturated heterocycles. The smallest absolute Gasteiger partial charge is 0.337 e. The maximum absolute atomic E-state index is 11.3. The molecule has 1 fully saturated rings. The molecule has 1 aliphatic rings. The molecule has 5 heteroatoms. The number of aromatic nitrogens is 2. The van der Waals surface area contributed by atoms with Crippen LogP contribution < -0.4 is 0 Å². The first-order chi connectivity index (χ1) is 9.22. The number of hydrogen-bond donors (Lipinski definition) is 2. The number of carboxylic acid groups (broad SMARTS) is 1. The quantitative estimate of drug-likeness (QED) is 0.885. The van der Waals surface area contributed by atoms with E-state index < -0.39 is 5.97 Å². The summed E-state index contributed by atoms with van der Waals surface area (Å²) in [5.41, 5.74) is 1.64. The van der Waals surface area contributed by atoms with Crippen LogP contribution in [0.1, 0.15) is 35.7 Å². The van der Waals surface area contributed by atoms with Crippen LogP contribution in [0.15, 0.2) is 24.5 Å². The van der Waals surface area contributed by atoms with Gasteiger partial charge in [0, 0.05) is 18.6 Å². The molecule has 3 rings (SSSR count). The monoisotopic (exact) mass is 260 g/mol. The van der Waals surface area contributed by atoms with Crippen molar-refractivity contribution in [2.45, 2.75) is 25.3 Å². The van der Waals surface area contributed by atoms with Gasteiger partial charge in [-0.3, -0.25) is 0 Å². The number of para-hydroxylation sites is 1. The normalized spacial score (nSPS) is 23.0. The van der Waals surface area contributed by atoms with Crippen LogP contribution in [0.4, 0.5) is 0 Å². The molecule has 1 aromatic carbocycles. The van der Waals surface area contributed by atoms with Crippen molar-refractivity contribution in [3.8, 4) is 0 Å². The van der Waals surface area contributed by atoms with E-state index in [1.807, 2.05) is 10.6 Å². The second kappa shape index (κ2) is 4.66. The number of aromatic carboxylic acids is 1. The molecule has 0 aliphatic heterocycles. The van der Waals surface area contributed by atoms with Gasteiger partial charge in [-0.1, -0.05) is 12.5 Å². The minimum Gasteiger partial charge on any atom is -0.478 e. The van der Waals surface area contributed by atoms with Crippen LogP contribution in [0.5, 0.6) is 0 Å². The number of nitrogens with zero attached hydrogens (tertiary/aromatic N) is 2. The van der Waals surface area contributed by atoms with E-state index in [1.54, 1.807) is 18.5 Å². The Bertz CT molecular complexity index is 620. The van der Waals surface area contributed by atoms with Crippen LogP contribution in [-0.2, 0) is 0 Å². The predicted octanol–water partition coefficient (Wildman–Crippen LogP) is 2.07. The maximum atomic E-state index is 11.3. The van der Waals surface area contributed by atoms with Crippen LogP contribution in [0.2, 0.25) is 0 Å². The van der Waals surface area contributed by atoms with Crippen LogP contribution in [0.25, 0.3) is 11.0 Å². The summed E-state index contributed by atoms with van der Waals surface area (Å²) in [4.78, 5) is 15.6. The van der Waals surface area contributed by atoms with Crippen molar-refractivity contribution >= 4 is 17.0 Å². The Morgan fingerprint density at radius 1 is 1.42 bits per heavy atom. The molecule has 0 radical (unpaired) electrons. The van der Waals surface area contributed by atoms with E-state index >= 15 is 0 Å². The summed E-state index contributed by atoms with van der Waals surface area (Å²) in [5, 5.41) is 18.7. The summed E-state index contributed by atoms with van der Waals surface area (Å²) in [6.45, 7) is 0.138. The van der Waals surface area contributed by atoms with Crippen molar-refractivity contribution in [3.63, 3.8) is 0 Å². The molecule has 19 heavy (non-hydrogen) atoms. The number of carboxylic acids is 1. The van der Waals surface area contributed by atoms with Gasteiger partial charge in [-0.05, 0) is 25.0 Å². The second-order valence-corrected chi connectivity index (χ2v) is 5.07. The van der Waals surface area contributed by atoms with E-state index in [-0.39, 0.29) is 24.1 Å². The Hall–Kier alpha value is -1.88. The fourth-order valence-electron chi connectivity index (χ4n) is 3.11. The van der Waals surface area contributed by atoms with Crippen LogP contribution in [-0.4, -0.2) is 32.3 Å². The van der Waals surface area contributed by atoms with Gasteiger partial charge in [-0.2, -0.15) is 0 Å². The lowest BCUT2D eigenvalue weighted by Gasteiger charge is -2.20. The van der Waals surface area contributed by atoms with Crippen molar-refractivity contribution in [1.29, 1.82) is 0 Å². The van der Waals surface area contributed by atoms with Crippen molar-refractivity contribution in [2.24, 2.45) is 5.92 Å². The van der Waals surface area contributed by atoms with Gasteiger partial charge >= 0.3 is 5.97 Å². The third-order valence-corrected chi connectivity index (χ3v) is 4.04. The number of aliphatic hydroxyl groups is 1. The first-order valence-corrected chi connectivity index (χ1v) is 6.52. The molecule has 1 saturated carbocycles. The van der Waals surface area contributed by atoms with Crippen molar-refractivity contribution in [2.75, 3.05) is 6.61 Å². The Morgan fingerprint density at radius 3 is 3.00 bits per heavy atom. The fraction of sp³-hybridized carbons (Fsp3) is 0.429. The maximum Gasteiger partial charge on any atom is 0.337 e. The largest absolute Gasteiger partial charge is 0.478 e. The SMILES string of the molecule is O=C(O)c1cccc2ncn(C3CCCC3CO)c12. The molecule has 0 amide bonds. The Labute approximate surface area is 110 Å². The van der Waals surface area contributed by atoms with Gasteiger partial charge in [0.2, 0.25) is 0 Å². The summed E-state index contributed by atoms with van der Waals surface area (Å²) in [6.07, 6.45) is 4.71. The van der Waals surface area contributed by atoms with Gasteiger partial charge in [0.05, 0.1) is 22.9 Å². The van der Waals surface area contributed by atoms with Crippen LogP contribution in [0.3, 0.4) is 0 Å². The highest BCUT2D eigenvalue weighted by Gasteiger charge is 2.30. The van der Waals surface area contributed by atoms with Crippen LogP contribution in [0, 0.1) is 5.92 Å². The highest BCUT2D eigenvalue weighted by Crippen LogP contribution is 2.37. The first kappa shape index (κ1) is 12.2. The summed E-state index contributed by atoms with van der Waals surface area (Å²) in [6, 6.07) is 5.28. The van der Waals surface area contributed by atoms with E-state index in [0.29, 0.717) is 11.0 Å². The number of rotatable bonds is 3. The molecular formula is C14H16N2O3. The Morgan fingerprint density at radius 2 is 2.26 bits per heavy atom. The molecule has 2 unspecified atom stereocenters. The van der Waals surface area contributed by atoms with Crippen molar-refractivity contribution < 1.29 is 15.0 Å². The Kier molecular flexibility index (Phi) is 2.98. The lowest BCUT2D eigenvalue weighted by atomic mass is 10.0. The summed E-state index contributed by atoms with van der Waals surface area (Å²) in [5.74, 6) is -0.745. The first-order valence-electron chi connectivity index (χ1n) is 6.52. The predicted molar refractivity (Wildman–Crippen MR) is 70.2 cm³/mol. The minimum absolute atomic E-state index is 0.138. The number of carbonyl (C=O) groups is 1. The molecule has 0 bridgehead atoms. The topological polar surface area (TPSA) is 75.3 Å². The summed E-state index contributed by atoms with van der Waals surface area (Å²) >= 11 is 0. The molecule has 5 nitrogen and oxygen atoms in total. The molecule has 0 spiro atoms. The minimum atomic E-state index is -0.939. The molecule has 2 aromatic rings. The van der Waals surface area contributed by atoms with Crippen molar-refractivity contribution in [3.05, 3.63) is 30.1 Å². The molecule has 100 valence electrons. The van der Waals surface area contributed by atoms with Gasteiger partial charge in [0.25, 0.3) is 0 Å². The summed E-state index contributed by atoms with van der Waals surface area (Å²) < 4.78 is 1.94. The fourth-order valence-corrected chi connectivity index (χ4v) is 3.11. The van der Waals surface area contributed by atoms with Gasteiger partial charge in [0.15, 0.2) is 0 Å². The molecule has 1 aliphatic carbocycles. The molecule has 2 N–H and O–H groups in total. The van der Waals surface area contributed by atoms with E-state index in [9.17, 15) is 15.0 Å². The average molecular weight is 260 g/mol. The van der Waals surface area contributed by atoms with Gasteiger partial charge < -0.3 is 14.8 Å². The zero-order valence-corrected chi connectivity index (χ0v) is 10.5. The zero-order valence-electron chi connectivity index (χ0n) is 10.5. The zero-order chi connectivity index (χ0) is 13.4. The standard InChI is InChI=1S/C14H16N2O3/c17-7-9-3-1-6-12(9)16-8-15-11-5-2-4-10(13(11)16)14(18)19/h2,4-5,8-9,12,17H,1,3,6-7H2,(H,18,19). The third-order valence-electron chi connectivity index (χ3n) is 4.04. The number of fused-ring (bicyclic) bond motifs is 1.